The maximum Gasteiger partial charge on any atom is 0.186 e. The molecule has 3 nitrogen and oxygen atoms in total. The lowest BCUT2D eigenvalue weighted by Gasteiger charge is -2.43. The van der Waals surface area contributed by atoms with E-state index in [9.17, 15) is 0 Å². The summed E-state index contributed by atoms with van der Waals surface area (Å²) in [5.41, 5.74) is 1.50. The molecular weight excluding hydrogens is 280 g/mol. The summed E-state index contributed by atoms with van der Waals surface area (Å²) in [4.78, 5) is 7.35. The topological polar surface area (TPSA) is 25.4 Å². The van der Waals surface area contributed by atoms with Crippen molar-refractivity contribution in [2.75, 3.05) is 25.1 Å². The highest BCUT2D eigenvalue weighted by molar-refractivity contribution is 7.22. The Morgan fingerprint density at radius 1 is 1.29 bits per heavy atom. The number of fused-ring (bicyclic) bond motifs is 1. The minimum atomic E-state index is 0.366. The zero-order valence-electron chi connectivity index (χ0n) is 12.5. The zero-order valence-corrected chi connectivity index (χ0v) is 13.4. The number of para-hydroxylation sites is 1. The number of benzene rings is 1. The molecule has 4 rings (SSSR count). The van der Waals surface area contributed by atoms with Crippen molar-refractivity contribution < 1.29 is 4.74 Å². The van der Waals surface area contributed by atoms with Crippen LogP contribution in [0.3, 0.4) is 0 Å². The normalized spacial score (nSPS) is 29.6. The van der Waals surface area contributed by atoms with Crippen molar-refractivity contribution in [2.45, 2.75) is 38.2 Å². The molecule has 0 N–H and O–H groups in total. The number of thiazole rings is 1. The Labute approximate surface area is 129 Å². The van der Waals surface area contributed by atoms with Gasteiger partial charge in [-0.3, -0.25) is 0 Å². The molecule has 4 heteroatoms. The SMILES string of the molecule is CO[C@@H]1CCC[C@]12CCCN(c1nc3ccccc3s1)C2. The number of hydrogen-bond acceptors (Lipinski definition) is 4. The van der Waals surface area contributed by atoms with Crippen molar-refractivity contribution in [2.24, 2.45) is 5.41 Å². The highest BCUT2D eigenvalue weighted by Gasteiger charge is 2.46. The maximum absolute atomic E-state index is 5.80. The van der Waals surface area contributed by atoms with Crippen LogP contribution in [-0.2, 0) is 4.74 Å². The third-order valence-corrected chi connectivity index (χ3v) is 6.37. The average molecular weight is 302 g/mol. The molecule has 2 aliphatic rings. The lowest BCUT2D eigenvalue weighted by atomic mass is 9.77. The molecule has 1 spiro atoms. The van der Waals surface area contributed by atoms with Crippen molar-refractivity contribution >= 4 is 26.7 Å². The highest BCUT2D eigenvalue weighted by Crippen LogP contribution is 2.47. The van der Waals surface area contributed by atoms with Gasteiger partial charge in [0.05, 0.1) is 16.3 Å². The van der Waals surface area contributed by atoms with Crippen LogP contribution in [0.2, 0.25) is 0 Å². The summed E-state index contributed by atoms with van der Waals surface area (Å²) in [5.74, 6) is 0. The van der Waals surface area contributed by atoms with Crippen LogP contribution >= 0.6 is 11.3 Å². The van der Waals surface area contributed by atoms with Gasteiger partial charge in [0, 0.05) is 25.6 Å². The summed E-state index contributed by atoms with van der Waals surface area (Å²) < 4.78 is 7.10. The molecule has 2 heterocycles. The number of ether oxygens (including phenoxy) is 1. The van der Waals surface area contributed by atoms with Crippen LogP contribution in [0.25, 0.3) is 10.2 Å². The van der Waals surface area contributed by atoms with E-state index in [0.29, 0.717) is 11.5 Å². The fourth-order valence-corrected chi connectivity index (χ4v) is 5.25. The van der Waals surface area contributed by atoms with Gasteiger partial charge in [-0.25, -0.2) is 4.98 Å². The minimum Gasteiger partial charge on any atom is -0.381 e. The van der Waals surface area contributed by atoms with Crippen LogP contribution in [0, 0.1) is 5.41 Å². The molecule has 1 aromatic heterocycles. The van der Waals surface area contributed by atoms with Crippen LogP contribution in [0.15, 0.2) is 24.3 Å². The first-order valence-electron chi connectivity index (χ1n) is 7.94. The second-order valence-electron chi connectivity index (χ2n) is 6.47. The van der Waals surface area contributed by atoms with Crippen molar-refractivity contribution in [3.63, 3.8) is 0 Å². The van der Waals surface area contributed by atoms with E-state index in [-0.39, 0.29) is 0 Å². The Morgan fingerprint density at radius 2 is 2.14 bits per heavy atom. The number of piperidine rings is 1. The largest absolute Gasteiger partial charge is 0.381 e. The summed E-state index contributed by atoms with van der Waals surface area (Å²) in [6, 6.07) is 8.45. The summed E-state index contributed by atoms with van der Waals surface area (Å²) in [6.45, 7) is 2.25. The van der Waals surface area contributed by atoms with Gasteiger partial charge in [0.1, 0.15) is 0 Å². The van der Waals surface area contributed by atoms with Gasteiger partial charge in [-0.05, 0) is 37.8 Å². The van der Waals surface area contributed by atoms with Gasteiger partial charge in [-0.1, -0.05) is 29.9 Å². The van der Waals surface area contributed by atoms with E-state index in [4.69, 9.17) is 9.72 Å². The Kier molecular flexibility index (Phi) is 3.38. The molecule has 0 radical (unpaired) electrons. The average Bonchev–Trinajstić information content (AvgIpc) is 3.11. The molecule has 112 valence electrons. The number of aromatic nitrogens is 1. The Hall–Kier alpha value is -1.13. The van der Waals surface area contributed by atoms with E-state index in [1.54, 1.807) is 0 Å². The third-order valence-electron chi connectivity index (χ3n) is 5.27. The molecule has 0 unspecified atom stereocenters. The standard InChI is InChI=1S/C17H22N2OS/c1-20-15-8-4-9-17(15)10-5-11-19(12-17)16-18-13-6-2-3-7-14(13)21-16/h2-3,6-7,15H,4-5,8-12H2,1H3/t15-,17-/m1/s1. The predicted octanol–water partition coefficient (Wildman–Crippen LogP) is 4.08. The Morgan fingerprint density at radius 3 is 3.00 bits per heavy atom. The molecular formula is C17H22N2OS. The Bertz CT molecular complexity index is 608. The van der Waals surface area contributed by atoms with Crippen LogP contribution in [0.5, 0.6) is 0 Å². The van der Waals surface area contributed by atoms with Gasteiger partial charge >= 0.3 is 0 Å². The Balaban J connectivity index is 1.63. The quantitative estimate of drug-likeness (QED) is 0.836. The van der Waals surface area contributed by atoms with Gasteiger partial charge in [0.25, 0.3) is 0 Å². The van der Waals surface area contributed by atoms with Crippen molar-refractivity contribution in [3.8, 4) is 0 Å². The van der Waals surface area contributed by atoms with E-state index in [0.717, 1.165) is 18.6 Å². The highest BCUT2D eigenvalue weighted by atomic mass is 32.1. The van der Waals surface area contributed by atoms with Gasteiger partial charge in [-0.15, -0.1) is 0 Å². The van der Waals surface area contributed by atoms with Crippen LogP contribution in [0.4, 0.5) is 5.13 Å². The number of rotatable bonds is 2. The first kappa shape index (κ1) is 13.5. The lowest BCUT2D eigenvalue weighted by molar-refractivity contribution is 0.00227. The van der Waals surface area contributed by atoms with E-state index >= 15 is 0 Å². The summed E-state index contributed by atoms with van der Waals surface area (Å²) in [6.07, 6.45) is 6.86. The smallest absolute Gasteiger partial charge is 0.186 e. The van der Waals surface area contributed by atoms with E-state index in [1.807, 2.05) is 18.4 Å². The van der Waals surface area contributed by atoms with Crippen LogP contribution < -0.4 is 4.90 Å². The lowest BCUT2D eigenvalue weighted by Crippen LogP contribution is -2.47. The summed E-state index contributed by atoms with van der Waals surface area (Å²) in [7, 11) is 1.88. The number of methoxy groups -OCH3 is 1. The van der Waals surface area contributed by atoms with E-state index in [2.05, 4.69) is 29.2 Å². The first-order chi connectivity index (χ1) is 10.3. The molecule has 1 aromatic carbocycles. The van der Waals surface area contributed by atoms with E-state index < -0.39 is 0 Å². The van der Waals surface area contributed by atoms with Gasteiger partial charge < -0.3 is 9.64 Å². The monoisotopic (exact) mass is 302 g/mol. The number of hydrogen-bond donors (Lipinski definition) is 0. The van der Waals surface area contributed by atoms with Crippen molar-refractivity contribution in [1.29, 1.82) is 0 Å². The fourth-order valence-electron chi connectivity index (χ4n) is 4.26. The molecule has 1 aliphatic carbocycles. The predicted molar refractivity (Wildman–Crippen MR) is 88.1 cm³/mol. The van der Waals surface area contributed by atoms with Gasteiger partial charge in [0.15, 0.2) is 5.13 Å². The fraction of sp³-hybridized carbons (Fsp3) is 0.588. The molecule has 0 bridgehead atoms. The van der Waals surface area contributed by atoms with Crippen LogP contribution in [0.1, 0.15) is 32.1 Å². The van der Waals surface area contributed by atoms with Gasteiger partial charge in [-0.2, -0.15) is 0 Å². The van der Waals surface area contributed by atoms with Crippen molar-refractivity contribution in [3.05, 3.63) is 24.3 Å². The third kappa shape index (κ3) is 2.25. The second kappa shape index (κ2) is 5.25. The molecule has 2 fully saturated rings. The molecule has 21 heavy (non-hydrogen) atoms. The van der Waals surface area contributed by atoms with Crippen LogP contribution in [-0.4, -0.2) is 31.3 Å². The maximum atomic E-state index is 5.80. The number of nitrogens with zero attached hydrogens (tertiary/aromatic N) is 2. The molecule has 0 amide bonds. The minimum absolute atomic E-state index is 0.366. The number of anilines is 1. The molecule has 1 aliphatic heterocycles. The molecule has 2 aromatic rings. The second-order valence-corrected chi connectivity index (χ2v) is 7.48. The molecule has 2 atom stereocenters. The van der Waals surface area contributed by atoms with E-state index in [1.165, 1.54) is 41.9 Å². The summed E-state index contributed by atoms with van der Waals surface area (Å²) in [5, 5.41) is 1.19. The molecule has 1 saturated heterocycles. The zero-order chi connectivity index (χ0) is 14.3. The van der Waals surface area contributed by atoms with Gasteiger partial charge in [0.2, 0.25) is 0 Å². The molecule has 1 saturated carbocycles. The summed E-state index contributed by atoms with van der Waals surface area (Å²) >= 11 is 1.83. The van der Waals surface area contributed by atoms with Crippen molar-refractivity contribution in [1.82, 2.24) is 4.98 Å². The first-order valence-corrected chi connectivity index (χ1v) is 8.76.